The molecule has 0 spiro atoms. The molecule has 1 heterocycles. The van der Waals surface area contributed by atoms with Gasteiger partial charge in [-0.15, -0.1) is 0 Å². The van der Waals surface area contributed by atoms with Crippen molar-refractivity contribution in [2.75, 3.05) is 19.6 Å². The van der Waals surface area contributed by atoms with Crippen LogP contribution in [0.25, 0.3) is 0 Å². The maximum Gasteiger partial charge on any atom is 0.191 e. The van der Waals surface area contributed by atoms with Crippen LogP contribution in [0.2, 0.25) is 0 Å². The maximum absolute atomic E-state index is 13.2. The lowest BCUT2D eigenvalue weighted by molar-refractivity contribution is 0.625. The van der Waals surface area contributed by atoms with Crippen LogP contribution in [-0.2, 0) is 12.8 Å². The number of aromatic nitrogens is 2. The summed E-state index contributed by atoms with van der Waals surface area (Å²) in [5, 5.41) is 13.5. The molecule has 0 saturated carbocycles. The maximum atomic E-state index is 13.2. The van der Waals surface area contributed by atoms with Crippen LogP contribution in [0, 0.1) is 12.7 Å². The smallest absolute Gasteiger partial charge is 0.191 e. The van der Waals surface area contributed by atoms with Crippen molar-refractivity contribution in [1.82, 2.24) is 20.8 Å². The van der Waals surface area contributed by atoms with E-state index in [9.17, 15) is 4.39 Å². The van der Waals surface area contributed by atoms with Crippen molar-refractivity contribution in [3.05, 3.63) is 53.1 Å². The van der Waals surface area contributed by atoms with Crippen LogP contribution in [-0.4, -0.2) is 35.8 Å². The standard InChI is InChI=1S/C18H26FN5/c1-3-20-18(21-10-5-7-16-13-23-24-14(16)2)22-11-9-15-6-4-8-17(19)12-15/h4,6,8,12-13H,3,5,7,9-11H2,1-2H3,(H,23,24)(H2,20,21,22). The zero-order chi connectivity index (χ0) is 17.2. The molecule has 0 atom stereocenters. The van der Waals surface area contributed by atoms with Crippen molar-refractivity contribution in [2.24, 2.45) is 4.99 Å². The highest BCUT2D eigenvalue weighted by atomic mass is 19.1. The van der Waals surface area contributed by atoms with Crippen LogP contribution >= 0.6 is 0 Å². The number of halogens is 1. The number of aliphatic imine (C=N–C) groups is 1. The van der Waals surface area contributed by atoms with Gasteiger partial charge in [0.15, 0.2) is 5.96 Å². The second kappa shape index (κ2) is 9.70. The van der Waals surface area contributed by atoms with E-state index in [0.29, 0.717) is 0 Å². The van der Waals surface area contributed by atoms with Crippen LogP contribution in [0.4, 0.5) is 4.39 Å². The summed E-state index contributed by atoms with van der Waals surface area (Å²) >= 11 is 0. The van der Waals surface area contributed by atoms with Crippen molar-refractivity contribution in [3.8, 4) is 0 Å². The van der Waals surface area contributed by atoms with Crippen LogP contribution in [0.5, 0.6) is 0 Å². The second-order valence-electron chi connectivity index (χ2n) is 5.69. The molecule has 0 aliphatic rings. The summed E-state index contributed by atoms with van der Waals surface area (Å²) in [5.41, 5.74) is 3.35. The normalized spacial score (nSPS) is 11.5. The van der Waals surface area contributed by atoms with E-state index in [1.54, 1.807) is 12.1 Å². The van der Waals surface area contributed by atoms with E-state index in [0.717, 1.165) is 56.1 Å². The quantitative estimate of drug-likeness (QED) is 0.396. The number of nitrogens with zero attached hydrogens (tertiary/aromatic N) is 2. The Labute approximate surface area is 142 Å². The topological polar surface area (TPSA) is 65.1 Å². The first kappa shape index (κ1) is 18.0. The van der Waals surface area contributed by atoms with Crippen molar-refractivity contribution < 1.29 is 4.39 Å². The third-order valence-electron chi connectivity index (χ3n) is 3.75. The Hall–Kier alpha value is -2.37. The van der Waals surface area contributed by atoms with Crippen molar-refractivity contribution in [3.63, 3.8) is 0 Å². The summed E-state index contributed by atoms with van der Waals surface area (Å²) in [6.45, 7) is 6.35. The number of guanidine groups is 1. The Balaban J connectivity index is 1.74. The van der Waals surface area contributed by atoms with Gasteiger partial charge in [-0.05, 0) is 56.4 Å². The van der Waals surface area contributed by atoms with Crippen LogP contribution in [0.3, 0.4) is 0 Å². The van der Waals surface area contributed by atoms with Crippen LogP contribution < -0.4 is 10.6 Å². The number of hydrogen-bond donors (Lipinski definition) is 3. The van der Waals surface area contributed by atoms with E-state index in [4.69, 9.17) is 0 Å². The highest BCUT2D eigenvalue weighted by Gasteiger charge is 2.01. The third-order valence-corrected chi connectivity index (χ3v) is 3.75. The Bertz CT molecular complexity index is 650. The molecule has 3 N–H and O–H groups in total. The predicted octanol–water partition coefficient (Wildman–Crippen LogP) is 2.59. The van der Waals surface area contributed by atoms with Gasteiger partial charge in [-0.1, -0.05) is 12.1 Å². The van der Waals surface area contributed by atoms with Gasteiger partial charge in [0, 0.05) is 25.3 Å². The number of H-pyrrole nitrogens is 1. The summed E-state index contributed by atoms with van der Waals surface area (Å²) < 4.78 is 13.2. The molecular formula is C18H26FN5. The van der Waals surface area contributed by atoms with E-state index in [2.05, 4.69) is 25.8 Å². The summed E-state index contributed by atoms with van der Waals surface area (Å²) in [7, 11) is 0. The SMILES string of the molecule is CCNC(=NCCCc1cn[nH]c1C)NCCc1cccc(F)c1. The minimum Gasteiger partial charge on any atom is -0.357 e. The lowest BCUT2D eigenvalue weighted by atomic mass is 10.1. The molecule has 0 fully saturated rings. The van der Waals surface area contributed by atoms with Crippen LogP contribution in [0.1, 0.15) is 30.2 Å². The van der Waals surface area contributed by atoms with Crippen LogP contribution in [0.15, 0.2) is 35.5 Å². The third kappa shape index (κ3) is 6.02. The lowest BCUT2D eigenvalue weighted by Gasteiger charge is -2.11. The molecule has 24 heavy (non-hydrogen) atoms. The molecule has 2 aromatic rings. The Kier molecular flexibility index (Phi) is 7.26. The first-order valence-corrected chi connectivity index (χ1v) is 8.44. The first-order valence-electron chi connectivity index (χ1n) is 8.44. The van der Waals surface area contributed by atoms with Gasteiger partial charge in [-0.3, -0.25) is 10.1 Å². The molecule has 0 amide bonds. The summed E-state index contributed by atoms with van der Waals surface area (Å²) in [4.78, 5) is 4.58. The molecular weight excluding hydrogens is 305 g/mol. The Morgan fingerprint density at radius 2 is 2.17 bits per heavy atom. The zero-order valence-corrected chi connectivity index (χ0v) is 14.4. The van der Waals surface area contributed by atoms with Gasteiger partial charge in [0.25, 0.3) is 0 Å². The number of benzene rings is 1. The molecule has 0 unspecified atom stereocenters. The highest BCUT2D eigenvalue weighted by Crippen LogP contribution is 2.06. The van der Waals surface area contributed by atoms with Gasteiger partial charge < -0.3 is 10.6 Å². The zero-order valence-electron chi connectivity index (χ0n) is 14.4. The predicted molar refractivity (Wildman–Crippen MR) is 95.7 cm³/mol. The summed E-state index contributed by atoms with van der Waals surface area (Å²) in [6, 6.07) is 6.70. The van der Waals surface area contributed by atoms with E-state index < -0.39 is 0 Å². The molecule has 130 valence electrons. The number of hydrogen-bond acceptors (Lipinski definition) is 2. The van der Waals surface area contributed by atoms with Gasteiger partial charge >= 0.3 is 0 Å². The first-order chi connectivity index (χ1) is 11.7. The largest absolute Gasteiger partial charge is 0.357 e. The van der Waals surface area contributed by atoms with Gasteiger partial charge in [0.2, 0.25) is 0 Å². The average molecular weight is 331 g/mol. The van der Waals surface area contributed by atoms with Gasteiger partial charge in [0.1, 0.15) is 5.82 Å². The molecule has 1 aromatic carbocycles. The summed E-state index contributed by atoms with van der Waals surface area (Å²) in [6.07, 6.45) is 4.58. The van der Waals surface area contributed by atoms with Crippen molar-refractivity contribution in [2.45, 2.75) is 33.1 Å². The molecule has 2 rings (SSSR count). The molecule has 0 saturated heterocycles. The van der Waals surface area contributed by atoms with Gasteiger partial charge in [-0.2, -0.15) is 5.10 Å². The number of nitrogens with one attached hydrogen (secondary N) is 3. The molecule has 6 heteroatoms. The van der Waals surface area contributed by atoms with E-state index in [-0.39, 0.29) is 5.82 Å². The molecule has 5 nitrogen and oxygen atoms in total. The van der Waals surface area contributed by atoms with Gasteiger partial charge in [-0.25, -0.2) is 4.39 Å². The fourth-order valence-corrected chi connectivity index (χ4v) is 2.45. The average Bonchev–Trinajstić information content (AvgIpc) is 2.97. The molecule has 0 aliphatic heterocycles. The van der Waals surface area contributed by atoms with Crippen molar-refractivity contribution in [1.29, 1.82) is 0 Å². The second-order valence-corrected chi connectivity index (χ2v) is 5.69. The highest BCUT2D eigenvalue weighted by molar-refractivity contribution is 5.79. The monoisotopic (exact) mass is 331 g/mol. The number of aromatic amines is 1. The fourth-order valence-electron chi connectivity index (χ4n) is 2.45. The van der Waals surface area contributed by atoms with E-state index in [1.807, 2.05) is 26.1 Å². The van der Waals surface area contributed by atoms with Crippen molar-refractivity contribution >= 4 is 5.96 Å². The molecule has 0 radical (unpaired) electrons. The number of rotatable bonds is 8. The summed E-state index contributed by atoms with van der Waals surface area (Å²) in [5.74, 6) is 0.612. The van der Waals surface area contributed by atoms with Gasteiger partial charge in [0.05, 0.1) is 6.20 Å². The molecule has 0 bridgehead atoms. The Morgan fingerprint density at radius 3 is 2.88 bits per heavy atom. The molecule has 1 aromatic heterocycles. The minimum atomic E-state index is -0.192. The minimum absolute atomic E-state index is 0.192. The fraction of sp³-hybridized carbons (Fsp3) is 0.444. The van der Waals surface area contributed by atoms with E-state index in [1.165, 1.54) is 11.6 Å². The number of aryl methyl sites for hydroxylation is 2. The Morgan fingerprint density at radius 1 is 1.29 bits per heavy atom. The van der Waals surface area contributed by atoms with E-state index >= 15 is 0 Å². The lowest BCUT2D eigenvalue weighted by Crippen LogP contribution is -2.38. The molecule has 0 aliphatic carbocycles.